The highest BCUT2D eigenvalue weighted by Crippen LogP contribution is 2.21. The van der Waals surface area contributed by atoms with Crippen LogP contribution in [0, 0.1) is 13.8 Å². The number of benzene rings is 2. The highest BCUT2D eigenvalue weighted by atomic mass is 79.9. The standard InChI is InChI=1S/C19H21BrN2O3/c1-13-8-14(2)10-15(9-13)25-12-19(24)22(3)11-18(23)21-17-7-5-4-6-16(17)20/h4-10H,11-12H2,1-3H3,(H,21,23). The molecule has 0 saturated carbocycles. The van der Waals surface area contributed by atoms with Crippen LogP contribution in [0.15, 0.2) is 46.9 Å². The molecule has 2 aromatic rings. The van der Waals surface area contributed by atoms with E-state index >= 15 is 0 Å². The number of amides is 2. The number of anilines is 1. The van der Waals surface area contributed by atoms with Crippen LogP contribution in [0.2, 0.25) is 0 Å². The van der Waals surface area contributed by atoms with E-state index in [1.807, 2.05) is 50.2 Å². The number of nitrogens with one attached hydrogen (secondary N) is 1. The monoisotopic (exact) mass is 404 g/mol. The second-order valence-electron chi connectivity index (χ2n) is 5.89. The molecule has 0 aliphatic rings. The van der Waals surface area contributed by atoms with Gasteiger partial charge in [0, 0.05) is 11.5 Å². The van der Waals surface area contributed by atoms with Gasteiger partial charge in [0.2, 0.25) is 5.91 Å². The van der Waals surface area contributed by atoms with Gasteiger partial charge in [-0.25, -0.2) is 0 Å². The van der Waals surface area contributed by atoms with Crippen molar-refractivity contribution < 1.29 is 14.3 Å². The normalized spacial score (nSPS) is 10.2. The third kappa shape index (κ3) is 5.90. The second-order valence-corrected chi connectivity index (χ2v) is 6.74. The van der Waals surface area contributed by atoms with Gasteiger partial charge in [0.1, 0.15) is 5.75 Å². The van der Waals surface area contributed by atoms with Gasteiger partial charge in [-0.1, -0.05) is 18.2 Å². The van der Waals surface area contributed by atoms with Crippen LogP contribution in [-0.4, -0.2) is 36.9 Å². The lowest BCUT2D eigenvalue weighted by Gasteiger charge is -2.17. The average molecular weight is 405 g/mol. The number of hydrogen-bond acceptors (Lipinski definition) is 3. The Morgan fingerprint density at radius 2 is 1.76 bits per heavy atom. The summed E-state index contributed by atoms with van der Waals surface area (Å²) in [5, 5.41) is 2.76. The molecule has 0 atom stereocenters. The maximum absolute atomic E-state index is 12.2. The number of ether oxygens (including phenoxy) is 1. The lowest BCUT2D eigenvalue weighted by Crippen LogP contribution is -2.37. The fraction of sp³-hybridized carbons (Fsp3) is 0.263. The minimum atomic E-state index is -0.269. The number of halogens is 1. The zero-order valence-electron chi connectivity index (χ0n) is 14.5. The van der Waals surface area contributed by atoms with Crippen molar-refractivity contribution in [3.8, 4) is 5.75 Å². The van der Waals surface area contributed by atoms with Crippen molar-refractivity contribution in [3.63, 3.8) is 0 Å². The van der Waals surface area contributed by atoms with Crippen LogP contribution in [0.5, 0.6) is 5.75 Å². The van der Waals surface area contributed by atoms with Crippen LogP contribution in [0.3, 0.4) is 0 Å². The summed E-state index contributed by atoms with van der Waals surface area (Å²) < 4.78 is 6.33. The van der Waals surface area contributed by atoms with E-state index < -0.39 is 0 Å². The van der Waals surface area contributed by atoms with Gasteiger partial charge in [-0.2, -0.15) is 0 Å². The Balaban J connectivity index is 1.85. The molecule has 2 rings (SSSR count). The van der Waals surface area contributed by atoms with Gasteiger partial charge >= 0.3 is 0 Å². The number of aryl methyl sites for hydroxylation is 2. The summed E-state index contributed by atoms with van der Waals surface area (Å²) in [5.41, 5.74) is 2.81. The zero-order valence-corrected chi connectivity index (χ0v) is 16.1. The number of hydrogen-bond donors (Lipinski definition) is 1. The van der Waals surface area contributed by atoms with Crippen LogP contribution in [0.1, 0.15) is 11.1 Å². The summed E-state index contributed by atoms with van der Waals surface area (Å²) in [6.07, 6.45) is 0. The van der Waals surface area contributed by atoms with Gasteiger partial charge in [0.05, 0.1) is 12.2 Å². The van der Waals surface area contributed by atoms with Gasteiger partial charge in [0.25, 0.3) is 5.91 Å². The molecule has 0 aromatic heterocycles. The maximum atomic E-state index is 12.2. The Hall–Kier alpha value is -2.34. The van der Waals surface area contributed by atoms with Gasteiger partial charge < -0.3 is 15.0 Å². The first-order valence-electron chi connectivity index (χ1n) is 7.84. The minimum Gasteiger partial charge on any atom is -0.484 e. The molecule has 0 radical (unpaired) electrons. The summed E-state index contributed by atoms with van der Waals surface area (Å²) in [7, 11) is 1.58. The highest BCUT2D eigenvalue weighted by Gasteiger charge is 2.14. The Bertz CT molecular complexity index is 757. The average Bonchev–Trinajstić information content (AvgIpc) is 2.53. The molecule has 0 heterocycles. The SMILES string of the molecule is Cc1cc(C)cc(OCC(=O)N(C)CC(=O)Nc2ccccc2Br)c1. The van der Waals surface area contributed by atoms with Crippen molar-refractivity contribution in [2.24, 2.45) is 0 Å². The van der Waals surface area contributed by atoms with Crippen molar-refractivity contribution in [2.45, 2.75) is 13.8 Å². The van der Waals surface area contributed by atoms with Crippen LogP contribution < -0.4 is 10.1 Å². The molecule has 0 fully saturated rings. The van der Waals surface area contributed by atoms with E-state index in [0.717, 1.165) is 15.6 Å². The molecule has 0 spiro atoms. The maximum Gasteiger partial charge on any atom is 0.260 e. The Kier molecular flexibility index (Phi) is 6.58. The van der Waals surface area contributed by atoms with Crippen molar-refractivity contribution >= 4 is 33.4 Å². The lowest BCUT2D eigenvalue weighted by atomic mass is 10.1. The number of likely N-dealkylation sites (N-methyl/N-ethyl adjacent to an activating group) is 1. The van der Waals surface area contributed by atoms with Crippen LogP contribution in [-0.2, 0) is 9.59 Å². The Labute approximate surface area is 156 Å². The summed E-state index contributed by atoms with van der Waals surface area (Å²) >= 11 is 3.37. The van der Waals surface area contributed by atoms with E-state index in [9.17, 15) is 9.59 Å². The van der Waals surface area contributed by atoms with E-state index in [1.54, 1.807) is 13.1 Å². The molecule has 1 N–H and O–H groups in total. The lowest BCUT2D eigenvalue weighted by molar-refractivity contribution is -0.135. The van der Waals surface area contributed by atoms with Gasteiger partial charge in [0.15, 0.2) is 6.61 Å². The van der Waals surface area contributed by atoms with Crippen molar-refractivity contribution in [3.05, 3.63) is 58.1 Å². The molecular weight excluding hydrogens is 384 g/mol. The molecule has 0 aliphatic carbocycles. The number of carbonyl (C=O) groups excluding carboxylic acids is 2. The predicted molar refractivity (Wildman–Crippen MR) is 102 cm³/mol. The summed E-state index contributed by atoms with van der Waals surface area (Å²) in [5.74, 6) is 0.118. The molecule has 132 valence electrons. The topological polar surface area (TPSA) is 58.6 Å². The molecule has 2 aromatic carbocycles. The molecule has 0 saturated heterocycles. The first-order chi connectivity index (χ1) is 11.8. The molecule has 0 unspecified atom stereocenters. The molecule has 2 amide bonds. The predicted octanol–water partition coefficient (Wildman–Crippen LogP) is 3.54. The number of nitrogens with zero attached hydrogens (tertiary/aromatic N) is 1. The van der Waals surface area contributed by atoms with Gasteiger partial charge in [-0.3, -0.25) is 9.59 Å². The van der Waals surface area contributed by atoms with Crippen molar-refractivity contribution in [2.75, 3.05) is 25.5 Å². The fourth-order valence-electron chi connectivity index (χ4n) is 2.33. The summed E-state index contributed by atoms with van der Waals surface area (Å²) in [4.78, 5) is 25.6. The number of para-hydroxylation sites is 1. The minimum absolute atomic E-state index is 0.0453. The second kappa shape index (κ2) is 8.67. The molecule has 25 heavy (non-hydrogen) atoms. The Morgan fingerprint density at radius 1 is 1.12 bits per heavy atom. The van der Waals surface area contributed by atoms with Gasteiger partial charge in [-0.05, 0) is 65.2 Å². The first-order valence-corrected chi connectivity index (χ1v) is 8.64. The third-order valence-corrected chi connectivity index (χ3v) is 4.20. The Morgan fingerprint density at radius 3 is 2.40 bits per heavy atom. The smallest absolute Gasteiger partial charge is 0.260 e. The molecular formula is C19H21BrN2O3. The molecule has 5 nitrogen and oxygen atoms in total. The van der Waals surface area contributed by atoms with Gasteiger partial charge in [-0.15, -0.1) is 0 Å². The third-order valence-electron chi connectivity index (χ3n) is 3.51. The molecule has 0 aliphatic heterocycles. The zero-order chi connectivity index (χ0) is 18.4. The summed E-state index contributed by atoms with van der Waals surface area (Å²) in [6, 6.07) is 13.1. The number of carbonyl (C=O) groups is 2. The van der Waals surface area contributed by atoms with E-state index in [1.165, 1.54) is 4.90 Å². The summed E-state index contributed by atoms with van der Waals surface area (Å²) in [6.45, 7) is 3.79. The fourth-order valence-corrected chi connectivity index (χ4v) is 2.71. The molecule has 6 heteroatoms. The quantitative estimate of drug-likeness (QED) is 0.800. The van der Waals surface area contributed by atoms with E-state index in [2.05, 4.69) is 21.2 Å². The first kappa shape index (κ1) is 19.0. The van der Waals surface area contributed by atoms with Crippen molar-refractivity contribution in [1.82, 2.24) is 4.90 Å². The largest absolute Gasteiger partial charge is 0.484 e. The molecule has 0 bridgehead atoms. The van der Waals surface area contributed by atoms with E-state index in [0.29, 0.717) is 11.4 Å². The van der Waals surface area contributed by atoms with Crippen LogP contribution in [0.25, 0.3) is 0 Å². The van der Waals surface area contributed by atoms with Crippen LogP contribution >= 0.6 is 15.9 Å². The highest BCUT2D eigenvalue weighted by molar-refractivity contribution is 9.10. The van der Waals surface area contributed by atoms with Crippen LogP contribution in [0.4, 0.5) is 5.69 Å². The number of rotatable bonds is 6. The van der Waals surface area contributed by atoms with E-state index in [-0.39, 0.29) is 25.0 Å². The van der Waals surface area contributed by atoms with Crippen molar-refractivity contribution in [1.29, 1.82) is 0 Å². The van der Waals surface area contributed by atoms with E-state index in [4.69, 9.17) is 4.74 Å².